The van der Waals surface area contributed by atoms with Gasteiger partial charge >= 0.3 is 0 Å². The topological polar surface area (TPSA) is 137 Å². The number of likely N-dealkylation sites (N-methyl/N-ethyl adjacent to an activating group) is 1. The van der Waals surface area contributed by atoms with Crippen LogP contribution in [0.5, 0.6) is 11.5 Å². The lowest BCUT2D eigenvalue weighted by molar-refractivity contribution is -0.252. The predicted molar refractivity (Wildman–Crippen MR) is 202 cm³/mol. The van der Waals surface area contributed by atoms with Crippen LogP contribution in [0.15, 0.2) is 71.9 Å². The summed E-state index contributed by atoms with van der Waals surface area (Å²) in [6, 6.07) is 14.2. The van der Waals surface area contributed by atoms with Gasteiger partial charge in [0.1, 0.15) is 30.8 Å². The normalized spacial score (nSPS) is 26.4. The first-order valence-electron chi connectivity index (χ1n) is 19.2. The van der Waals surface area contributed by atoms with Crippen molar-refractivity contribution in [3.63, 3.8) is 0 Å². The van der Waals surface area contributed by atoms with Gasteiger partial charge in [0.25, 0.3) is 5.91 Å². The molecule has 53 heavy (non-hydrogen) atoms. The molecule has 2 aliphatic heterocycles. The third-order valence-corrected chi connectivity index (χ3v) is 11.2. The van der Waals surface area contributed by atoms with Gasteiger partial charge in [-0.3, -0.25) is 9.69 Å². The number of carbonyl (C=O) groups excluding carboxylic acids is 1. The number of unbranched alkanes of at least 4 members (excludes halogenated alkanes) is 2. The largest absolute Gasteiger partial charge is 0.492 e. The minimum Gasteiger partial charge on any atom is -0.492 e. The molecular weight excluding hydrogens is 672 g/mol. The fourth-order valence-electron chi connectivity index (χ4n) is 8.58. The van der Waals surface area contributed by atoms with E-state index in [0.29, 0.717) is 49.4 Å². The summed E-state index contributed by atoms with van der Waals surface area (Å²) in [5, 5.41) is 33.7. The van der Waals surface area contributed by atoms with Crippen LogP contribution in [-0.2, 0) is 9.57 Å². The van der Waals surface area contributed by atoms with Gasteiger partial charge in [-0.15, -0.1) is 6.58 Å². The molecule has 0 spiro atoms. The Hall–Kier alpha value is -4.21. The third-order valence-electron chi connectivity index (χ3n) is 11.2. The zero-order valence-corrected chi connectivity index (χ0v) is 31.1. The summed E-state index contributed by atoms with van der Waals surface area (Å²) in [5.74, 6) is -0.328. The van der Waals surface area contributed by atoms with Gasteiger partial charge in [-0.2, -0.15) is 5.26 Å². The molecular formula is C42H54N4O7. The number of nitrogens with zero attached hydrogens (tertiary/aromatic N) is 4. The number of nitriles is 1. The van der Waals surface area contributed by atoms with Crippen molar-refractivity contribution in [2.24, 2.45) is 22.9 Å². The third kappa shape index (κ3) is 8.31. The first-order valence-corrected chi connectivity index (χ1v) is 19.2. The molecule has 0 radical (unpaired) electrons. The lowest BCUT2D eigenvalue weighted by Gasteiger charge is -2.59. The number of allylic oxidation sites excluding steroid dienone is 1. The summed E-state index contributed by atoms with van der Waals surface area (Å²) in [5.41, 5.74) is 3.69. The van der Waals surface area contributed by atoms with E-state index >= 15 is 0 Å². The quantitative estimate of drug-likeness (QED) is 0.0812. The molecule has 1 amide bonds. The fraction of sp³-hybridized carbons (Fsp3) is 0.548. The Morgan fingerprint density at radius 1 is 1.13 bits per heavy atom. The number of hydrogen-bond acceptors (Lipinski definition) is 10. The molecule has 284 valence electrons. The molecule has 0 aromatic heterocycles. The Balaban J connectivity index is 1.52. The van der Waals surface area contributed by atoms with E-state index in [1.165, 1.54) is 0 Å². The Morgan fingerprint density at radius 2 is 1.89 bits per heavy atom. The van der Waals surface area contributed by atoms with Gasteiger partial charge in [-0.25, -0.2) is 0 Å². The molecule has 4 aliphatic rings. The van der Waals surface area contributed by atoms with E-state index in [-0.39, 0.29) is 49.4 Å². The van der Waals surface area contributed by atoms with Gasteiger partial charge in [0.2, 0.25) is 5.79 Å². The van der Waals surface area contributed by atoms with Crippen molar-refractivity contribution < 1.29 is 34.1 Å². The van der Waals surface area contributed by atoms with Crippen molar-refractivity contribution >= 4 is 11.6 Å². The molecule has 11 heteroatoms. The van der Waals surface area contributed by atoms with Crippen molar-refractivity contribution in [2.75, 3.05) is 59.7 Å². The van der Waals surface area contributed by atoms with Crippen LogP contribution in [0.3, 0.4) is 0 Å². The number of fused-ring (bicyclic) bond motifs is 2. The Labute approximate surface area is 313 Å². The molecule has 6 rings (SSSR count). The number of aliphatic hydroxyl groups excluding tert-OH is 2. The summed E-state index contributed by atoms with van der Waals surface area (Å²) < 4.78 is 20.5. The highest BCUT2D eigenvalue weighted by molar-refractivity contribution is 6.03. The SMILES string of the molecule is C=CCO[C@@]12Oc3ccc(OCCN4CC4)cc3[C@H]3[C@H](CCCCO)[C@@H](CCCCO)C=C(C(=NOCC)C[C@@H]1N(C)C(=O)c1ccc(C#N)cc1)[C@H]32. The number of oxime groups is 1. The molecule has 11 nitrogen and oxygen atoms in total. The first kappa shape index (κ1) is 38.5. The molecule has 2 N–H and O–H groups in total. The van der Waals surface area contributed by atoms with E-state index in [9.17, 15) is 20.3 Å². The van der Waals surface area contributed by atoms with E-state index in [2.05, 4.69) is 29.7 Å². The average molecular weight is 727 g/mol. The maximum atomic E-state index is 14.3. The van der Waals surface area contributed by atoms with Crippen LogP contribution >= 0.6 is 0 Å². The lowest BCUT2D eigenvalue weighted by Crippen LogP contribution is -2.69. The van der Waals surface area contributed by atoms with E-state index in [1.807, 2.05) is 19.1 Å². The Morgan fingerprint density at radius 3 is 2.57 bits per heavy atom. The predicted octanol–water partition coefficient (Wildman–Crippen LogP) is 5.68. The number of hydrogen-bond donors (Lipinski definition) is 2. The molecule has 6 atom stereocenters. The lowest BCUT2D eigenvalue weighted by atomic mass is 9.55. The molecule has 2 heterocycles. The van der Waals surface area contributed by atoms with Crippen LogP contribution in [-0.4, -0.2) is 103 Å². The standard InChI is InChI=1S/C42H54N4O7/c1-4-23-51-42-38(45(3)41(49)30-14-12-29(28-43)13-15-30)27-36(44-52-5-2)34-25-31(10-6-8-21-47)33(11-7-9-22-48)39(40(34)42)35-26-32(16-17-37(35)53-42)50-24-20-46-18-19-46/h4,12-17,25-26,31,33,38-40,47-48H,1,5-11,18-24,27H2,2-3H3/t31-,33+,38-,39+,40+,42+/m0/s1. The van der Waals surface area contributed by atoms with Crippen LogP contribution in [0, 0.1) is 29.1 Å². The molecule has 1 saturated carbocycles. The summed E-state index contributed by atoms with van der Waals surface area (Å²) in [7, 11) is 1.77. The number of ether oxygens (including phenoxy) is 3. The number of benzene rings is 2. The minimum atomic E-state index is -1.33. The number of aliphatic hydroxyl groups is 2. The second-order valence-corrected chi connectivity index (χ2v) is 14.5. The van der Waals surface area contributed by atoms with Crippen molar-refractivity contribution in [2.45, 2.75) is 69.6 Å². The van der Waals surface area contributed by atoms with Crippen LogP contribution in [0.25, 0.3) is 0 Å². The van der Waals surface area contributed by atoms with Gasteiger partial charge in [0, 0.05) is 63.4 Å². The molecule has 2 fully saturated rings. The Bertz CT molecular complexity index is 1680. The van der Waals surface area contributed by atoms with Crippen molar-refractivity contribution in [1.29, 1.82) is 5.26 Å². The van der Waals surface area contributed by atoms with E-state index < -0.39 is 11.8 Å². The number of rotatable bonds is 19. The second-order valence-electron chi connectivity index (χ2n) is 14.5. The van der Waals surface area contributed by atoms with Crippen LogP contribution in [0.1, 0.15) is 79.3 Å². The molecule has 0 unspecified atom stereocenters. The van der Waals surface area contributed by atoms with Crippen LogP contribution in [0.2, 0.25) is 0 Å². The highest BCUT2D eigenvalue weighted by Crippen LogP contribution is 2.61. The molecule has 2 aliphatic carbocycles. The molecule has 1 saturated heterocycles. The minimum absolute atomic E-state index is 0.119. The van der Waals surface area contributed by atoms with Crippen LogP contribution in [0.4, 0.5) is 0 Å². The van der Waals surface area contributed by atoms with Gasteiger partial charge < -0.3 is 34.2 Å². The van der Waals surface area contributed by atoms with Crippen molar-refractivity contribution in [3.05, 3.63) is 83.5 Å². The molecule has 2 aromatic rings. The summed E-state index contributed by atoms with van der Waals surface area (Å²) in [6.07, 6.45) is 9.20. The average Bonchev–Trinajstić information content (AvgIpc) is 4.01. The maximum absolute atomic E-state index is 14.3. The van der Waals surface area contributed by atoms with Gasteiger partial charge in [0.15, 0.2) is 0 Å². The van der Waals surface area contributed by atoms with Gasteiger partial charge in [0.05, 0.1) is 29.9 Å². The number of carbonyl (C=O) groups is 1. The summed E-state index contributed by atoms with van der Waals surface area (Å²) in [4.78, 5) is 24.2. The smallest absolute Gasteiger partial charge is 0.254 e. The summed E-state index contributed by atoms with van der Waals surface area (Å²) >= 11 is 0. The van der Waals surface area contributed by atoms with Crippen molar-refractivity contribution in [1.82, 2.24) is 9.80 Å². The van der Waals surface area contributed by atoms with Gasteiger partial charge in [-0.1, -0.05) is 30.1 Å². The van der Waals surface area contributed by atoms with Crippen molar-refractivity contribution in [3.8, 4) is 17.6 Å². The highest BCUT2D eigenvalue weighted by Gasteiger charge is 2.65. The number of amides is 1. The summed E-state index contributed by atoms with van der Waals surface area (Å²) in [6.45, 7) is 10.4. The second kappa shape index (κ2) is 17.7. The molecule has 0 bridgehead atoms. The highest BCUT2D eigenvalue weighted by atomic mass is 16.7. The maximum Gasteiger partial charge on any atom is 0.254 e. The van der Waals surface area contributed by atoms with Gasteiger partial charge in [-0.05, 0) is 92.5 Å². The zero-order chi connectivity index (χ0) is 37.4. The Kier molecular flexibility index (Phi) is 12.9. The fourth-order valence-corrected chi connectivity index (χ4v) is 8.58. The monoisotopic (exact) mass is 726 g/mol. The molecule has 2 aromatic carbocycles. The van der Waals surface area contributed by atoms with Crippen LogP contribution < -0.4 is 9.47 Å². The van der Waals surface area contributed by atoms with E-state index in [0.717, 1.165) is 67.9 Å². The van der Waals surface area contributed by atoms with E-state index in [1.54, 1.807) is 42.3 Å². The first-order chi connectivity index (χ1) is 25.9. The zero-order valence-electron chi connectivity index (χ0n) is 31.1. The van der Waals surface area contributed by atoms with E-state index in [4.69, 9.17) is 24.2 Å².